The van der Waals surface area contributed by atoms with Crippen molar-refractivity contribution in [3.63, 3.8) is 0 Å². The summed E-state index contributed by atoms with van der Waals surface area (Å²) in [6.45, 7) is 0. The molecule has 0 unspecified atom stereocenters. The summed E-state index contributed by atoms with van der Waals surface area (Å²) in [7, 11) is -2.00. The van der Waals surface area contributed by atoms with Crippen molar-refractivity contribution in [1.29, 1.82) is 0 Å². The van der Waals surface area contributed by atoms with Gasteiger partial charge in [-0.1, -0.05) is 0 Å². The molecule has 0 aliphatic carbocycles. The number of hydrogen-bond donors (Lipinski definition) is 0. The normalized spacial score (nSPS) is 2.17. The zero-order chi connectivity index (χ0) is 2.71. The van der Waals surface area contributed by atoms with Gasteiger partial charge in [-0.3, -0.25) is 0 Å². The minimum absolute atomic E-state index is 0. The van der Waals surface area contributed by atoms with Gasteiger partial charge < -0.3 is 9.94 Å². The van der Waals surface area contributed by atoms with Crippen molar-refractivity contribution in [3.8, 4) is 0 Å². The molecule has 0 atom stereocenters. The summed E-state index contributed by atoms with van der Waals surface area (Å²) in [5, 5.41) is 0. The largest absolute Gasteiger partial charge is 2.00 e. The first-order valence-corrected chi connectivity index (χ1v) is 1.36. The number of hydrogen-bond acceptors (Lipinski definition) is 2. The van der Waals surface area contributed by atoms with Crippen molar-refractivity contribution in [2.75, 3.05) is 0 Å². The van der Waals surface area contributed by atoms with Crippen LogP contribution < -0.4 is 51.4 Å². The third-order valence-corrected chi connectivity index (χ3v) is 0. The van der Waals surface area contributed by atoms with Crippen LogP contribution in [-0.4, -0.2) is 38.3 Å². The second kappa shape index (κ2) is 26.6. The van der Waals surface area contributed by atoms with E-state index in [2.05, 4.69) is 0 Å². The van der Waals surface area contributed by atoms with Crippen LogP contribution in [0.4, 0.5) is 4.11 Å². The first kappa shape index (κ1) is 23.9. The van der Waals surface area contributed by atoms with Crippen LogP contribution in [0.3, 0.4) is 0 Å². The van der Waals surface area contributed by atoms with Gasteiger partial charge in [-0.15, -0.1) is 0 Å². The van der Waals surface area contributed by atoms with Crippen LogP contribution in [0, 0.1) is 0 Å². The van der Waals surface area contributed by atoms with Gasteiger partial charge in [0.05, 0.1) is 0 Å². The van der Waals surface area contributed by atoms with E-state index in [4.69, 9.17) is 4.46 Å². The molecule has 6 heteroatoms. The molecule has 0 bridgehead atoms. The summed E-state index contributed by atoms with van der Waals surface area (Å²) >= 11 is 0. The van der Waals surface area contributed by atoms with E-state index in [9.17, 15) is 4.11 Å². The molecule has 0 amide bonds. The fourth-order valence-electron chi connectivity index (χ4n) is 0. The molecule has 26 valence electrons. The van der Waals surface area contributed by atoms with E-state index in [0.29, 0.717) is 0 Å². The minimum Gasteiger partial charge on any atom is -0.870 e. The summed E-state index contributed by atoms with van der Waals surface area (Å²) in [6.07, 6.45) is 0. The van der Waals surface area contributed by atoms with E-state index in [0.717, 1.165) is 0 Å². The van der Waals surface area contributed by atoms with Crippen LogP contribution in [-0.2, 0) is 4.46 Å². The average Bonchev–Trinajstić information content (AvgIpc) is 0.918. The predicted octanol–water partition coefficient (Wildman–Crippen LogP) is -3.90. The van der Waals surface area contributed by atoms with Crippen molar-refractivity contribution in [2.24, 2.45) is 0 Å². The Labute approximate surface area is 96.2 Å². The maximum atomic E-state index is 9.82. The summed E-state index contributed by atoms with van der Waals surface area (Å²) < 4.78 is 18.2. The summed E-state index contributed by atoms with van der Waals surface area (Å²) in [5.74, 6) is 0. The fourth-order valence-corrected chi connectivity index (χ4v) is 0. The topological polar surface area (TPSA) is 47.1 Å². The second-order valence-corrected chi connectivity index (χ2v) is 0.267. The molecule has 0 aromatic rings. The van der Waals surface area contributed by atoms with Gasteiger partial charge in [0.2, 0.25) is 0 Å². The second-order valence-electron chi connectivity index (χ2n) is 0.0891. The van der Waals surface area contributed by atoms with Gasteiger partial charge in [0.15, 0.2) is 0 Å². The average molecular weight is 145 g/mol. The third-order valence-electron chi connectivity index (χ3n) is 0. The molecule has 2 nitrogen and oxygen atoms in total. The maximum Gasteiger partial charge on any atom is 2.00 e. The van der Waals surface area contributed by atoms with E-state index in [-0.39, 0.29) is 79.9 Å². The Hall–Kier alpha value is 2.31. The van der Waals surface area contributed by atoms with Crippen molar-refractivity contribution < 1.29 is 65.4 Å². The Balaban J connectivity index is -0.00000000667. The Morgan fingerprint density at radius 2 is 1.50 bits per heavy atom. The zero-order valence-electron chi connectivity index (χ0n) is 3.52. The molecule has 0 aromatic heterocycles. The Kier molecular flexibility index (Phi) is 106. The quantitative estimate of drug-likeness (QED) is 0.258. The molecule has 0 fully saturated rings. The SMILES string of the molecule is O=[SiH]F.[K+].[Mg+2].[OH-]. The van der Waals surface area contributed by atoms with Crippen molar-refractivity contribution in [2.45, 2.75) is 0 Å². The molecular formula is H2FKMgO2Si+2. The van der Waals surface area contributed by atoms with Crippen LogP contribution in [0.5, 0.6) is 0 Å². The summed E-state index contributed by atoms with van der Waals surface area (Å²) in [5.41, 5.74) is 0. The molecule has 0 heterocycles. The van der Waals surface area contributed by atoms with E-state index >= 15 is 0 Å². The first-order valence-electron chi connectivity index (χ1n) is 0.454. The van der Waals surface area contributed by atoms with Gasteiger partial charge in [0.1, 0.15) is 0 Å². The van der Waals surface area contributed by atoms with Crippen molar-refractivity contribution in [3.05, 3.63) is 0 Å². The Morgan fingerprint density at radius 1 is 1.50 bits per heavy atom. The Bertz CT molecular complexity index is 21.0. The van der Waals surface area contributed by atoms with Gasteiger partial charge in [-0.25, -0.2) is 4.11 Å². The van der Waals surface area contributed by atoms with E-state index in [1.807, 2.05) is 0 Å². The third kappa shape index (κ3) is 33.3. The minimum atomic E-state index is -2.00. The molecule has 0 rings (SSSR count). The first-order chi connectivity index (χ1) is 1.41. The molecule has 0 aromatic carbocycles. The summed E-state index contributed by atoms with van der Waals surface area (Å²) in [4.78, 5) is 0. The van der Waals surface area contributed by atoms with Crippen molar-refractivity contribution >= 4 is 32.8 Å². The molecule has 0 radical (unpaired) electrons. The zero-order valence-corrected chi connectivity index (χ0v) is 9.21. The van der Waals surface area contributed by atoms with Crippen LogP contribution in [0.2, 0.25) is 0 Å². The fraction of sp³-hybridized carbons (Fsp3) is 0. The van der Waals surface area contributed by atoms with Crippen LogP contribution in [0.25, 0.3) is 0 Å². The summed E-state index contributed by atoms with van der Waals surface area (Å²) in [6, 6.07) is 0. The maximum absolute atomic E-state index is 9.82. The molecule has 6 heavy (non-hydrogen) atoms. The molecule has 0 saturated heterocycles. The molecule has 1 N–H and O–H groups in total. The Morgan fingerprint density at radius 3 is 1.50 bits per heavy atom. The van der Waals surface area contributed by atoms with E-state index in [1.165, 1.54) is 0 Å². The molecular weight excluding hydrogens is 142 g/mol. The van der Waals surface area contributed by atoms with Gasteiger partial charge in [0, 0.05) is 0 Å². The van der Waals surface area contributed by atoms with E-state index < -0.39 is 9.74 Å². The predicted molar refractivity (Wildman–Crippen MR) is 16.6 cm³/mol. The molecule has 0 spiro atoms. The van der Waals surface area contributed by atoms with Gasteiger partial charge >= 0.3 is 84.2 Å². The van der Waals surface area contributed by atoms with Crippen LogP contribution in [0.15, 0.2) is 0 Å². The molecule has 0 saturated carbocycles. The van der Waals surface area contributed by atoms with Crippen molar-refractivity contribution in [1.82, 2.24) is 0 Å². The van der Waals surface area contributed by atoms with Gasteiger partial charge in [0.25, 0.3) is 0 Å². The number of rotatable bonds is 0. The van der Waals surface area contributed by atoms with E-state index in [1.54, 1.807) is 0 Å². The standard InChI is InChI=1S/FHOSi.K.Mg.H2O/c1-3-2;;;/h3H;;;1H2/q;+1;+2;/p-1. The molecule has 0 aliphatic heterocycles. The monoisotopic (exact) mass is 144 g/mol. The smallest absolute Gasteiger partial charge is 0.870 e. The molecule has 0 aliphatic rings. The number of halogens is 1. The van der Waals surface area contributed by atoms with Gasteiger partial charge in [-0.2, -0.15) is 0 Å². The van der Waals surface area contributed by atoms with Gasteiger partial charge in [-0.05, 0) is 0 Å². The van der Waals surface area contributed by atoms with Crippen LogP contribution in [0.1, 0.15) is 0 Å². The van der Waals surface area contributed by atoms with Crippen LogP contribution >= 0.6 is 0 Å².